The minimum Gasteiger partial charge on any atom is -0.478 e. The first-order valence-corrected chi connectivity index (χ1v) is 8.37. The quantitative estimate of drug-likeness (QED) is 0.551. The number of halogens is 6. The minimum atomic E-state index is -4.55. The summed E-state index contributed by atoms with van der Waals surface area (Å²) in [6.45, 7) is 0. The van der Waals surface area contributed by atoms with Gasteiger partial charge in [-0.2, -0.15) is 18.4 Å². The molecular formula is C18H9Cl3F3NO2. The summed E-state index contributed by atoms with van der Waals surface area (Å²) in [6.07, 6.45) is -5.10. The Hall–Kier alpha value is -2.20. The van der Waals surface area contributed by atoms with Crippen molar-refractivity contribution in [1.29, 1.82) is 5.26 Å². The summed E-state index contributed by atoms with van der Waals surface area (Å²) in [6, 6.07) is 8.15. The van der Waals surface area contributed by atoms with Crippen molar-refractivity contribution in [3.05, 3.63) is 73.7 Å². The van der Waals surface area contributed by atoms with E-state index in [1.165, 1.54) is 30.3 Å². The van der Waals surface area contributed by atoms with Gasteiger partial charge in [0.15, 0.2) is 0 Å². The lowest BCUT2D eigenvalue weighted by atomic mass is 9.89. The van der Waals surface area contributed by atoms with Crippen LogP contribution in [0.5, 0.6) is 0 Å². The molecule has 3 nitrogen and oxygen atoms in total. The number of allylic oxidation sites excluding steroid dienone is 1. The van der Waals surface area contributed by atoms with E-state index < -0.39 is 18.6 Å². The molecule has 1 N–H and O–H groups in total. The number of rotatable bonds is 4. The van der Waals surface area contributed by atoms with Crippen molar-refractivity contribution >= 4 is 46.3 Å². The summed E-state index contributed by atoms with van der Waals surface area (Å²) >= 11 is 17.8. The lowest BCUT2D eigenvalue weighted by Crippen LogP contribution is -2.08. The maximum Gasteiger partial charge on any atom is 0.392 e. The van der Waals surface area contributed by atoms with Crippen molar-refractivity contribution in [3.63, 3.8) is 0 Å². The average Bonchev–Trinajstić information content (AvgIpc) is 2.58. The van der Waals surface area contributed by atoms with Gasteiger partial charge in [0.2, 0.25) is 0 Å². The van der Waals surface area contributed by atoms with Gasteiger partial charge in [-0.05, 0) is 35.4 Å². The van der Waals surface area contributed by atoms with Crippen LogP contribution in [0.25, 0.3) is 5.57 Å². The molecule has 0 fully saturated rings. The number of alkyl halides is 3. The van der Waals surface area contributed by atoms with Gasteiger partial charge in [0.05, 0.1) is 38.7 Å². The fourth-order valence-electron chi connectivity index (χ4n) is 2.41. The molecule has 2 rings (SSSR count). The third kappa shape index (κ3) is 4.95. The van der Waals surface area contributed by atoms with Gasteiger partial charge >= 0.3 is 12.1 Å². The number of hydrogen-bond acceptors (Lipinski definition) is 2. The zero-order valence-electron chi connectivity index (χ0n) is 13.2. The van der Waals surface area contributed by atoms with Gasteiger partial charge in [-0.25, -0.2) is 4.79 Å². The van der Waals surface area contributed by atoms with Crippen molar-refractivity contribution < 1.29 is 23.1 Å². The Balaban J connectivity index is 2.85. The Morgan fingerprint density at radius 2 is 1.78 bits per heavy atom. The Labute approximate surface area is 167 Å². The first kappa shape index (κ1) is 21.1. The van der Waals surface area contributed by atoms with Crippen molar-refractivity contribution in [3.8, 4) is 6.07 Å². The molecule has 0 aliphatic heterocycles. The molecule has 2 aromatic rings. The van der Waals surface area contributed by atoms with Crippen LogP contribution in [0.1, 0.15) is 33.5 Å². The second-order valence-electron chi connectivity index (χ2n) is 5.34. The Morgan fingerprint density at radius 3 is 2.26 bits per heavy atom. The highest BCUT2D eigenvalue weighted by molar-refractivity contribution is 6.48. The van der Waals surface area contributed by atoms with Crippen molar-refractivity contribution in [2.45, 2.75) is 12.6 Å². The highest BCUT2D eigenvalue weighted by Gasteiger charge is 2.27. The van der Waals surface area contributed by atoms with Crippen LogP contribution in [0, 0.1) is 11.3 Å². The number of carbonyl (C=O) groups is 1. The van der Waals surface area contributed by atoms with Gasteiger partial charge in [0, 0.05) is 5.56 Å². The predicted molar refractivity (Wildman–Crippen MR) is 97.3 cm³/mol. The van der Waals surface area contributed by atoms with Crippen molar-refractivity contribution in [1.82, 2.24) is 0 Å². The summed E-state index contributed by atoms with van der Waals surface area (Å²) in [5.41, 5.74) is -0.632. The molecule has 0 amide bonds. The van der Waals surface area contributed by atoms with E-state index >= 15 is 0 Å². The molecule has 0 aliphatic rings. The standard InChI is InChI=1S/C18H9Cl3F3NO2/c19-13-6-10(7-14(20)16(13)21)11(4-5-18(22,23)24)15-9(8-25)2-1-3-12(15)17(26)27/h1-4,6-7H,5H2,(H,26,27)/b11-4+. The molecule has 0 atom stereocenters. The summed E-state index contributed by atoms with van der Waals surface area (Å²) in [4.78, 5) is 11.6. The van der Waals surface area contributed by atoms with Crippen LogP contribution in [-0.4, -0.2) is 17.3 Å². The SMILES string of the molecule is N#Cc1cccc(C(=O)O)c1/C(=C/CC(F)(F)F)c1cc(Cl)c(Cl)c(Cl)c1. The topological polar surface area (TPSA) is 61.1 Å². The van der Waals surface area contributed by atoms with E-state index in [-0.39, 0.29) is 42.9 Å². The summed E-state index contributed by atoms with van der Waals surface area (Å²) in [7, 11) is 0. The van der Waals surface area contributed by atoms with Gasteiger partial charge in [0.25, 0.3) is 0 Å². The molecular weight excluding hydrogens is 426 g/mol. The normalized spacial score (nSPS) is 12.0. The molecule has 140 valence electrons. The predicted octanol–water partition coefficient (Wildman–Crippen LogP) is 6.60. The molecule has 0 aromatic heterocycles. The largest absolute Gasteiger partial charge is 0.478 e. The molecule has 2 aromatic carbocycles. The van der Waals surface area contributed by atoms with E-state index in [2.05, 4.69) is 0 Å². The lowest BCUT2D eigenvalue weighted by Gasteiger charge is -2.15. The molecule has 0 saturated heterocycles. The first-order chi connectivity index (χ1) is 12.5. The van der Waals surface area contributed by atoms with Crippen LogP contribution < -0.4 is 0 Å². The zero-order chi connectivity index (χ0) is 20.4. The fourth-order valence-corrected chi connectivity index (χ4v) is 3.00. The Bertz CT molecular complexity index is 956. The zero-order valence-corrected chi connectivity index (χ0v) is 15.5. The molecule has 0 saturated carbocycles. The van der Waals surface area contributed by atoms with E-state index in [4.69, 9.17) is 34.8 Å². The molecule has 9 heteroatoms. The van der Waals surface area contributed by atoms with Crippen LogP contribution in [0.4, 0.5) is 13.2 Å². The molecule has 0 spiro atoms. The monoisotopic (exact) mass is 433 g/mol. The number of carboxylic acids is 1. The molecule has 0 bridgehead atoms. The maximum absolute atomic E-state index is 12.8. The first-order valence-electron chi connectivity index (χ1n) is 7.23. The Morgan fingerprint density at radius 1 is 1.19 bits per heavy atom. The number of nitriles is 1. The third-order valence-electron chi connectivity index (χ3n) is 3.52. The average molecular weight is 435 g/mol. The van der Waals surface area contributed by atoms with Gasteiger partial charge in [-0.1, -0.05) is 46.9 Å². The van der Waals surface area contributed by atoms with Crippen molar-refractivity contribution in [2.75, 3.05) is 0 Å². The van der Waals surface area contributed by atoms with E-state index in [0.29, 0.717) is 0 Å². The lowest BCUT2D eigenvalue weighted by molar-refractivity contribution is -0.124. The smallest absolute Gasteiger partial charge is 0.392 e. The molecule has 0 aliphatic carbocycles. The van der Waals surface area contributed by atoms with Crippen LogP contribution in [0.2, 0.25) is 15.1 Å². The summed E-state index contributed by atoms with van der Waals surface area (Å²) in [5, 5.41) is 18.7. The van der Waals surface area contributed by atoms with E-state index in [9.17, 15) is 28.3 Å². The second kappa shape index (κ2) is 8.22. The van der Waals surface area contributed by atoms with Crippen molar-refractivity contribution in [2.24, 2.45) is 0 Å². The molecule has 27 heavy (non-hydrogen) atoms. The van der Waals surface area contributed by atoms with E-state index in [0.717, 1.165) is 6.08 Å². The number of aromatic carboxylic acids is 1. The van der Waals surface area contributed by atoms with Crippen LogP contribution in [0.3, 0.4) is 0 Å². The van der Waals surface area contributed by atoms with E-state index in [1.54, 1.807) is 6.07 Å². The van der Waals surface area contributed by atoms with Gasteiger partial charge < -0.3 is 5.11 Å². The highest BCUT2D eigenvalue weighted by Crippen LogP contribution is 2.38. The maximum atomic E-state index is 12.8. The van der Waals surface area contributed by atoms with E-state index in [1.807, 2.05) is 0 Å². The third-order valence-corrected chi connectivity index (χ3v) is 4.71. The van der Waals surface area contributed by atoms with Gasteiger partial charge in [0.1, 0.15) is 0 Å². The summed E-state index contributed by atoms with van der Waals surface area (Å²) in [5.74, 6) is -1.40. The minimum absolute atomic E-state index is 0.00396. The van der Waals surface area contributed by atoms with Gasteiger partial charge in [-0.15, -0.1) is 0 Å². The number of benzene rings is 2. The van der Waals surface area contributed by atoms with Gasteiger partial charge in [-0.3, -0.25) is 0 Å². The van der Waals surface area contributed by atoms with Crippen LogP contribution >= 0.6 is 34.8 Å². The summed E-state index contributed by atoms with van der Waals surface area (Å²) < 4.78 is 38.4. The highest BCUT2D eigenvalue weighted by atomic mass is 35.5. The molecule has 0 heterocycles. The number of nitrogens with zero attached hydrogens (tertiary/aromatic N) is 1. The molecule has 0 radical (unpaired) electrons. The molecule has 0 unspecified atom stereocenters. The van der Waals surface area contributed by atoms with Crippen LogP contribution in [0.15, 0.2) is 36.4 Å². The second-order valence-corrected chi connectivity index (χ2v) is 6.53. The number of hydrogen-bond donors (Lipinski definition) is 1. The Kier molecular flexibility index (Phi) is 6.42. The number of carboxylic acid groups (broad SMARTS) is 1. The fraction of sp³-hybridized carbons (Fsp3) is 0.111. The van der Waals surface area contributed by atoms with Crippen LogP contribution in [-0.2, 0) is 0 Å².